The molecule has 1 saturated heterocycles. The molecule has 0 amide bonds. The number of guanidine groups is 1. The number of halogens is 2. The number of anilines is 1. The molecule has 1 aliphatic heterocycles. The van der Waals surface area contributed by atoms with Crippen LogP contribution in [0, 0.1) is 0 Å². The third-order valence-corrected chi connectivity index (χ3v) is 5.44. The van der Waals surface area contributed by atoms with Crippen LogP contribution in [0.15, 0.2) is 41.7 Å². The molecular weight excluding hydrogens is 525 g/mol. The number of nitrogens with zero attached hydrogens (tertiary/aromatic N) is 5. The van der Waals surface area contributed by atoms with Crippen molar-refractivity contribution in [2.24, 2.45) is 4.99 Å². The lowest BCUT2D eigenvalue weighted by Crippen LogP contribution is -2.46. The van der Waals surface area contributed by atoms with Gasteiger partial charge in [0.15, 0.2) is 5.96 Å². The van der Waals surface area contributed by atoms with E-state index in [0.717, 1.165) is 75.1 Å². The maximum absolute atomic E-state index is 5.85. The Bertz CT molecular complexity index is 808. The molecule has 2 aromatic heterocycles. The van der Waals surface area contributed by atoms with Crippen LogP contribution in [0.2, 0.25) is 5.15 Å². The maximum Gasteiger partial charge on any atom is 0.191 e. The van der Waals surface area contributed by atoms with Gasteiger partial charge in [-0.05, 0) is 49.2 Å². The Morgan fingerprint density at radius 3 is 2.55 bits per heavy atom. The molecule has 3 rings (SSSR count). The smallest absolute Gasteiger partial charge is 0.191 e. The van der Waals surface area contributed by atoms with E-state index in [0.29, 0.717) is 11.7 Å². The number of pyridine rings is 2. The quantitative estimate of drug-likeness (QED) is 0.225. The minimum Gasteiger partial charge on any atom is -0.357 e. The summed E-state index contributed by atoms with van der Waals surface area (Å²) in [5.41, 5.74) is 2.31. The summed E-state index contributed by atoms with van der Waals surface area (Å²) in [6.07, 6.45) is 4.56. The zero-order valence-electron chi connectivity index (χ0n) is 18.4. The first kappa shape index (κ1) is 25.6. The molecule has 2 aromatic rings. The zero-order chi connectivity index (χ0) is 21.2. The lowest BCUT2D eigenvalue weighted by molar-refractivity contribution is 0.270. The van der Waals surface area contributed by atoms with E-state index in [-0.39, 0.29) is 24.0 Å². The molecule has 170 valence electrons. The van der Waals surface area contributed by atoms with E-state index in [1.54, 1.807) is 0 Å². The second-order valence-electron chi connectivity index (χ2n) is 7.30. The van der Waals surface area contributed by atoms with Gasteiger partial charge in [0.05, 0.1) is 6.54 Å². The summed E-state index contributed by atoms with van der Waals surface area (Å²) in [6.45, 7) is 11.9. The zero-order valence-corrected chi connectivity index (χ0v) is 21.4. The Labute approximate surface area is 207 Å². The van der Waals surface area contributed by atoms with Crippen LogP contribution in [0.1, 0.15) is 25.0 Å². The molecule has 0 radical (unpaired) electrons. The van der Waals surface area contributed by atoms with E-state index in [9.17, 15) is 0 Å². The summed E-state index contributed by atoms with van der Waals surface area (Å²) in [4.78, 5) is 18.3. The molecule has 0 aromatic carbocycles. The first-order chi connectivity index (χ1) is 14.7. The predicted molar refractivity (Wildman–Crippen MR) is 140 cm³/mol. The molecule has 0 saturated carbocycles. The minimum absolute atomic E-state index is 0. The first-order valence-electron chi connectivity index (χ1n) is 10.7. The third-order valence-electron chi connectivity index (χ3n) is 5.21. The SMILES string of the molecule is CCNC(=NCc1ccnc(N2CCN(CC)CC2)c1)NCCc1ccc(Cl)nc1.I. The van der Waals surface area contributed by atoms with E-state index >= 15 is 0 Å². The summed E-state index contributed by atoms with van der Waals surface area (Å²) in [6, 6.07) is 8.02. The molecule has 2 N–H and O–H groups in total. The summed E-state index contributed by atoms with van der Waals surface area (Å²) in [5.74, 6) is 1.86. The van der Waals surface area contributed by atoms with Crippen molar-refractivity contribution in [3.05, 3.63) is 52.9 Å². The van der Waals surface area contributed by atoms with Gasteiger partial charge in [0.25, 0.3) is 0 Å². The van der Waals surface area contributed by atoms with Gasteiger partial charge in [-0.2, -0.15) is 0 Å². The van der Waals surface area contributed by atoms with Crippen molar-refractivity contribution in [2.45, 2.75) is 26.8 Å². The Morgan fingerprint density at radius 2 is 1.87 bits per heavy atom. The highest BCUT2D eigenvalue weighted by Gasteiger charge is 2.16. The number of nitrogens with one attached hydrogen (secondary N) is 2. The number of likely N-dealkylation sites (N-methyl/N-ethyl adjacent to an activating group) is 1. The molecule has 1 aliphatic rings. The number of rotatable bonds is 8. The van der Waals surface area contributed by atoms with Crippen molar-refractivity contribution in [3.8, 4) is 0 Å². The predicted octanol–water partition coefficient (Wildman–Crippen LogP) is 3.19. The van der Waals surface area contributed by atoms with Crippen LogP contribution in [0.3, 0.4) is 0 Å². The molecule has 31 heavy (non-hydrogen) atoms. The van der Waals surface area contributed by atoms with Crippen molar-refractivity contribution < 1.29 is 0 Å². The van der Waals surface area contributed by atoms with E-state index in [1.807, 2.05) is 30.6 Å². The monoisotopic (exact) mass is 557 g/mol. The molecule has 0 bridgehead atoms. The highest BCUT2D eigenvalue weighted by Crippen LogP contribution is 2.15. The number of piperazine rings is 1. The fourth-order valence-corrected chi connectivity index (χ4v) is 3.53. The highest BCUT2D eigenvalue weighted by molar-refractivity contribution is 14.0. The number of aliphatic imine (C=N–C) groups is 1. The fourth-order valence-electron chi connectivity index (χ4n) is 3.42. The minimum atomic E-state index is 0. The molecule has 7 nitrogen and oxygen atoms in total. The van der Waals surface area contributed by atoms with Gasteiger partial charge in [0, 0.05) is 51.7 Å². The van der Waals surface area contributed by atoms with Gasteiger partial charge in [-0.25, -0.2) is 15.0 Å². The molecule has 1 fully saturated rings. The summed E-state index contributed by atoms with van der Waals surface area (Å²) < 4.78 is 0. The number of hydrogen-bond acceptors (Lipinski definition) is 5. The lowest BCUT2D eigenvalue weighted by atomic mass is 10.2. The van der Waals surface area contributed by atoms with Crippen LogP contribution in [0.4, 0.5) is 5.82 Å². The van der Waals surface area contributed by atoms with Crippen molar-refractivity contribution >= 4 is 47.4 Å². The summed E-state index contributed by atoms with van der Waals surface area (Å²) in [5, 5.41) is 7.22. The first-order valence-corrected chi connectivity index (χ1v) is 11.1. The Balaban J connectivity index is 0.00000341. The fraction of sp³-hybridized carbons (Fsp3) is 0.500. The molecule has 0 atom stereocenters. The highest BCUT2D eigenvalue weighted by atomic mass is 127. The van der Waals surface area contributed by atoms with Gasteiger partial charge in [-0.1, -0.05) is 24.6 Å². The molecule has 0 aliphatic carbocycles. The van der Waals surface area contributed by atoms with Crippen molar-refractivity contribution in [1.29, 1.82) is 0 Å². The summed E-state index contributed by atoms with van der Waals surface area (Å²) in [7, 11) is 0. The van der Waals surface area contributed by atoms with E-state index < -0.39 is 0 Å². The molecule has 9 heteroatoms. The van der Waals surface area contributed by atoms with Crippen LogP contribution < -0.4 is 15.5 Å². The average Bonchev–Trinajstić information content (AvgIpc) is 2.79. The van der Waals surface area contributed by atoms with Crippen molar-refractivity contribution in [1.82, 2.24) is 25.5 Å². The molecular formula is C22H33ClIN7. The van der Waals surface area contributed by atoms with Gasteiger partial charge >= 0.3 is 0 Å². The standard InChI is InChI=1S/C22H32ClN7.HI/c1-3-24-22(26-10-7-18-5-6-20(23)27-16-18)28-17-19-8-9-25-21(15-19)30-13-11-29(4-2)12-14-30;/h5-6,8-9,15-16H,3-4,7,10-14,17H2,1-2H3,(H2,24,26,28);1H. The lowest BCUT2D eigenvalue weighted by Gasteiger charge is -2.34. The normalized spacial score (nSPS) is 14.8. The maximum atomic E-state index is 5.85. The van der Waals surface area contributed by atoms with Crippen molar-refractivity contribution in [2.75, 3.05) is 50.7 Å². The van der Waals surface area contributed by atoms with Gasteiger partial charge in [0.1, 0.15) is 11.0 Å². The van der Waals surface area contributed by atoms with E-state index in [2.05, 4.69) is 50.3 Å². The summed E-state index contributed by atoms with van der Waals surface area (Å²) >= 11 is 5.85. The van der Waals surface area contributed by atoms with Crippen LogP contribution in [0.5, 0.6) is 0 Å². The van der Waals surface area contributed by atoms with E-state index in [4.69, 9.17) is 16.6 Å². The van der Waals surface area contributed by atoms with Gasteiger partial charge in [-0.15, -0.1) is 24.0 Å². The molecule has 3 heterocycles. The topological polar surface area (TPSA) is 68.7 Å². The number of hydrogen-bond donors (Lipinski definition) is 2. The van der Waals surface area contributed by atoms with Crippen molar-refractivity contribution in [3.63, 3.8) is 0 Å². The Hall–Kier alpha value is -1.65. The van der Waals surface area contributed by atoms with E-state index in [1.165, 1.54) is 0 Å². The number of aromatic nitrogens is 2. The second kappa shape index (κ2) is 13.7. The molecule has 0 spiro atoms. The van der Waals surface area contributed by atoms with Crippen LogP contribution in [-0.4, -0.2) is 66.6 Å². The van der Waals surface area contributed by atoms with Crippen LogP contribution in [-0.2, 0) is 13.0 Å². The van der Waals surface area contributed by atoms with Gasteiger partial charge < -0.3 is 20.4 Å². The van der Waals surface area contributed by atoms with Gasteiger partial charge in [0.2, 0.25) is 0 Å². The Morgan fingerprint density at radius 1 is 1.06 bits per heavy atom. The average molecular weight is 558 g/mol. The Kier molecular flexibility index (Phi) is 11.3. The van der Waals surface area contributed by atoms with Gasteiger partial charge in [-0.3, -0.25) is 0 Å². The molecule has 0 unspecified atom stereocenters. The van der Waals surface area contributed by atoms with Crippen LogP contribution in [0.25, 0.3) is 0 Å². The van der Waals surface area contributed by atoms with Crippen LogP contribution >= 0.6 is 35.6 Å². The largest absolute Gasteiger partial charge is 0.357 e. The second-order valence-corrected chi connectivity index (χ2v) is 7.69. The third kappa shape index (κ3) is 8.42.